The van der Waals surface area contributed by atoms with Crippen molar-refractivity contribution in [2.75, 3.05) is 26.3 Å². The third kappa shape index (κ3) is 5.34. The molecule has 6 heteroatoms. The monoisotopic (exact) mass is 430 g/mol. The summed E-state index contributed by atoms with van der Waals surface area (Å²) in [6.45, 7) is 2.45. The highest BCUT2D eigenvalue weighted by Crippen LogP contribution is 2.27. The molecule has 1 aliphatic rings. The van der Waals surface area contributed by atoms with Crippen LogP contribution in [0, 0.1) is 0 Å². The van der Waals surface area contributed by atoms with Gasteiger partial charge < -0.3 is 19.7 Å². The lowest BCUT2D eigenvalue weighted by atomic mass is 10.1. The maximum atomic E-state index is 13.3. The van der Waals surface area contributed by atoms with Crippen LogP contribution in [-0.2, 0) is 16.1 Å². The van der Waals surface area contributed by atoms with Crippen molar-refractivity contribution in [3.05, 3.63) is 102 Å². The molecule has 1 heterocycles. The van der Waals surface area contributed by atoms with Gasteiger partial charge in [-0.1, -0.05) is 72.8 Å². The summed E-state index contributed by atoms with van der Waals surface area (Å²) in [6.07, 6.45) is -0.850. The summed E-state index contributed by atoms with van der Waals surface area (Å²) in [5, 5.41) is 2.93. The average Bonchev–Trinajstić information content (AvgIpc) is 2.87. The molecule has 1 N–H and O–H groups in total. The van der Waals surface area contributed by atoms with Crippen molar-refractivity contribution in [2.24, 2.45) is 0 Å². The van der Waals surface area contributed by atoms with Crippen LogP contribution in [-0.4, -0.2) is 43.0 Å². The third-order valence-electron chi connectivity index (χ3n) is 5.32. The molecular weight excluding hydrogens is 404 g/mol. The second kappa shape index (κ2) is 10.6. The molecule has 0 radical (unpaired) electrons. The fourth-order valence-corrected chi connectivity index (χ4v) is 3.60. The molecule has 0 saturated carbocycles. The number of ether oxygens (including phenoxy) is 2. The molecule has 6 nitrogen and oxygen atoms in total. The van der Waals surface area contributed by atoms with Crippen molar-refractivity contribution < 1.29 is 19.1 Å². The van der Waals surface area contributed by atoms with Crippen molar-refractivity contribution in [3.8, 4) is 5.75 Å². The molecule has 1 saturated heterocycles. The Morgan fingerprint density at radius 3 is 2.22 bits per heavy atom. The van der Waals surface area contributed by atoms with Gasteiger partial charge in [0.2, 0.25) is 6.10 Å². The number of morpholine rings is 1. The van der Waals surface area contributed by atoms with Crippen molar-refractivity contribution in [2.45, 2.75) is 12.6 Å². The third-order valence-corrected chi connectivity index (χ3v) is 5.32. The number of rotatable bonds is 7. The predicted octanol–water partition coefficient (Wildman–Crippen LogP) is 3.60. The smallest absolute Gasteiger partial charge is 0.268 e. The summed E-state index contributed by atoms with van der Waals surface area (Å²) in [7, 11) is 0. The number of para-hydroxylation sites is 1. The first-order valence-corrected chi connectivity index (χ1v) is 10.7. The highest BCUT2D eigenvalue weighted by atomic mass is 16.5. The lowest BCUT2D eigenvalue weighted by Crippen LogP contribution is -2.44. The van der Waals surface area contributed by atoms with Gasteiger partial charge in [-0.25, -0.2) is 0 Å². The standard InChI is InChI=1S/C26H26N2O4/c29-25(27-19-20-9-3-1-4-10-20)22-13-7-8-14-23(22)32-24(21-11-5-2-6-12-21)26(30)28-15-17-31-18-16-28/h1-14,24H,15-19H2,(H,27,29)/t24-/m1/s1. The number of carbonyl (C=O) groups is 2. The van der Waals surface area contributed by atoms with E-state index < -0.39 is 6.10 Å². The molecule has 3 aromatic carbocycles. The lowest BCUT2D eigenvalue weighted by molar-refractivity contribution is -0.143. The van der Waals surface area contributed by atoms with Crippen molar-refractivity contribution >= 4 is 11.8 Å². The van der Waals surface area contributed by atoms with E-state index in [1.165, 1.54) is 0 Å². The van der Waals surface area contributed by atoms with Crippen molar-refractivity contribution in [1.29, 1.82) is 0 Å². The van der Waals surface area contributed by atoms with Crippen LogP contribution in [0.5, 0.6) is 5.75 Å². The van der Waals surface area contributed by atoms with E-state index in [0.717, 1.165) is 11.1 Å². The first-order chi connectivity index (χ1) is 15.7. The molecule has 0 spiro atoms. The summed E-state index contributed by atoms with van der Waals surface area (Å²) in [5.41, 5.74) is 2.13. The van der Waals surface area contributed by atoms with E-state index in [1.54, 1.807) is 29.2 Å². The maximum Gasteiger partial charge on any atom is 0.268 e. The number of amides is 2. The van der Waals surface area contributed by atoms with Gasteiger partial charge in [0.1, 0.15) is 5.75 Å². The zero-order valence-electron chi connectivity index (χ0n) is 17.8. The summed E-state index contributed by atoms with van der Waals surface area (Å²) in [6, 6.07) is 26.1. The van der Waals surface area contributed by atoms with Crippen LogP contribution >= 0.6 is 0 Å². The lowest BCUT2D eigenvalue weighted by Gasteiger charge is -2.31. The van der Waals surface area contributed by atoms with Crippen LogP contribution in [0.4, 0.5) is 0 Å². The van der Waals surface area contributed by atoms with Gasteiger partial charge in [-0.05, 0) is 17.7 Å². The molecule has 1 atom stereocenters. The van der Waals surface area contributed by atoms with Crippen LogP contribution < -0.4 is 10.1 Å². The Hall–Kier alpha value is -3.64. The van der Waals surface area contributed by atoms with E-state index in [2.05, 4.69) is 5.32 Å². The molecule has 164 valence electrons. The van der Waals surface area contributed by atoms with Gasteiger partial charge in [0.15, 0.2) is 0 Å². The van der Waals surface area contributed by atoms with Gasteiger partial charge in [0.25, 0.3) is 11.8 Å². The summed E-state index contributed by atoms with van der Waals surface area (Å²) in [4.78, 5) is 28.0. The molecule has 2 amide bonds. The Labute approximate surface area is 187 Å². The molecular formula is C26H26N2O4. The minimum atomic E-state index is -0.850. The molecule has 32 heavy (non-hydrogen) atoms. The molecule has 0 bridgehead atoms. The Bertz CT molecular complexity index is 1030. The SMILES string of the molecule is O=C(NCc1ccccc1)c1ccccc1O[C@@H](C(=O)N1CCOCC1)c1ccccc1. The quantitative estimate of drug-likeness (QED) is 0.622. The van der Waals surface area contributed by atoms with Gasteiger partial charge in [0, 0.05) is 25.2 Å². The highest BCUT2D eigenvalue weighted by molar-refractivity contribution is 5.97. The first kappa shape index (κ1) is 21.6. The van der Waals surface area contributed by atoms with E-state index in [-0.39, 0.29) is 11.8 Å². The highest BCUT2D eigenvalue weighted by Gasteiger charge is 2.30. The predicted molar refractivity (Wildman–Crippen MR) is 121 cm³/mol. The summed E-state index contributed by atoms with van der Waals surface area (Å²) >= 11 is 0. The molecule has 0 aliphatic carbocycles. The van der Waals surface area contributed by atoms with E-state index >= 15 is 0 Å². The number of nitrogens with one attached hydrogen (secondary N) is 1. The fourth-order valence-electron chi connectivity index (χ4n) is 3.60. The number of benzene rings is 3. The first-order valence-electron chi connectivity index (χ1n) is 10.7. The van der Waals surface area contributed by atoms with Crippen LogP contribution in [0.15, 0.2) is 84.9 Å². The van der Waals surface area contributed by atoms with E-state index in [1.807, 2.05) is 60.7 Å². The van der Waals surface area contributed by atoms with Crippen LogP contribution in [0.1, 0.15) is 27.6 Å². The van der Waals surface area contributed by atoms with Crippen molar-refractivity contribution in [3.63, 3.8) is 0 Å². The topological polar surface area (TPSA) is 67.9 Å². The Morgan fingerprint density at radius 1 is 0.875 bits per heavy atom. The normalized spacial score (nSPS) is 14.4. The average molecular weight is 431 g/mol. The zero-order valence-corrected chi connectivity index (χ0v) is 17.8. The van der Waals surface area contributed by atoms with Crippen LogP contribution in [0.3, 0.4) is 0 Å². The van der Waals surface area contributed by atoms with Gasteiger partial charge >= 0.3 is 0 Å². The van der Waals surface area contributed by atoms with Gasteiger partial charge in [-0.15, -0.1) is 0 Å². The van der Waals surface area contributed by atoms with Crippen LogP contribution in [0.2, 0.25) is 0 Å². The molecule has 0 unspecified atom stereocenters. The largest absolute Gasteiger partial charge is 0.475 e. The Balaban J connectivity index is 1.55. The Morgan fingerprint density at radius 2 is 1.50 bits per heavy atom. The number of nitrogens with zero attached hydrogens (tertiary/aromatic N) is 1. The second-order valence-electron chi connectivity index (χ2n) is 7.51. The number of carbonyl (C=O) groups excluding carboxylic acids is 2. The second-order valence-corrected chi connectivity index (χ2v) is 7.51. The zero-order chi connectivity index (χ0) is 22.2. The van der Waals surface area contributed by atoms with E-state index in [9.17, 15) is 9.59 Å². The molecule has 3 aromatic rings. The summed E-state index contributed by atoms with van der Waals surface area (Å²) < 4.78 is 11.6. The maximum absolute atomic E-state index is 13.3. The van der Waals surface area contributed by atoms with Crippen molar-refractivity contribution in [1.82, 2.24) is 10.2 Å². The van der Waals surface area contributed by atoms with Crippen LogP contribution in [0.25, 0.3) is 0 Å². The molecule has 1 fully saturated rings. The summed E-state index contributed by atoms with van der Waals surface area (Å²) in [5.74, 6) is -0.0254. The molecule has 0 aromatic heterocycles. The van der Waals surface area contributed by atoms with Gasteiger partial charge in [-0.3, -0.25) is 9.59 Å². The molecule has 1 aliphatic heterocycles. The van der Waals surface area contributed by atoms with Gasteiger partial charge in [0.05, 0.1) is 18.8 Å². The minimum absolute atomic E-state index is 0.140. The number of hydrogen-bond donors (Lipinski definition) is 1. The number of hydrogen-bond acceptors (Lipinski definition) is 4. The van der Waals surface area contributed by atoms with E-state index in [0.29, 0.717) is 44.2 Å². The minimum Gasteiger partial charge on any atom is -0.475 e. The molecule has 4 rings (SSSR count). The van der Waals surface area contributed by atoms with Gasteiger partial charge in [-0.2, -0.15) is 0 Å². The van der Waals surface area contributed by atoms with E-state index in [4.69, 9.17) is 9.47 Å². The fraction of sp³-hybridized carbons (Fsp3) is 0.231. The Kier molecular flexibility index (Phi) is 7.15.